The van der Waals surface area contributed by atoms with Crippen molar-refractivity contribution in [1.29, 1.82) is 0 Å². The zero-order valence-electron chi connectivity index (χ0n) is 16.4. The first-order valence-corrected chi connectivity index (χ1v) is 9.54. The monoisotopic (exact) mass is 382 g/mol. The molecule has 2 N–H and O–H groups in total. The number of aryl methyl sites for hydroxylation is 1. The number of pyridine rings is 2. The van der Waals surface area contributed by atoms with E-state index in [9.17, 15) is 4.79 Å². The number of amides is 2. The van der Waals surface area contributed by atoms with E-state index in [2.05, 4.69) is 26.7 Å². The van der Waals surface area contributed by atoms with Gasteiger partial charge in [-0.1, -0.05) is 30.3 Å². The Kier molecular flexibility index (Phi) is 5.20. The predicted octanol–water partition coefficient (Wildman–Crippen LogP) is 5.49. The van der Waals surface area contributed by atoms with Gasteiger partial charge in [-0.05, 0) is 66.9 Å². The number of hydrogen-bond donors (Lipinski definition) is 2. The number of nitrogens with one attached hydrogen (secondary N) is 2. The number of hydrogen-bond acceptors (Lipinski definition) is 3. The lowest BCUT2D eigenvalue weighted by molar-refractivity contribution is 0.249. The van der Waals surface area contributed by atoms with Crippen LogP contribution < -0.4 is 10.6 Å². The van der Waals surface area contributed by atoms with Crippen LogP contribution in [0, 0.1) is 6.92 Å². The minimum Gasteiger partial charge on any atom is -0.331 e. The standard InChI is InChI=1S/C24H22N4O/c1-16-13-19(11-12-25-16)18-7-9-22(10-8-18)28-24(29)27-17(2)21-14-20-5-3-4-6-23(20)26-15-21/h3-15,17H,1-2H3,(H2,27,28,29)/t17-/m1/s1. The molecule has 0 saturated heterocycles. The number of carbonyl (C=O) groups is 1. The van der Waals surface area contributed by atoms with Crippen molar-refractivity contribution in [2.24, 2.45) is 0 Å². The van der Waals surface area contributed by atoms with Gasteiger partial charge in [0.15, 0.2) is 0 Å². The molecule has 144 valence electrons. The molecule has 0 radical (unpaired) electrons. The van der Waals surface area contributed by atoms with Gasteiger partial charge in [-0.3, -0.25) is 9.97 Å². The molecule has 0 saturated carbocycles. The molecule has 0 spiro atoms. The Morgan fingerprint density at radius 1 is 0.931 bits per heavy atom. The predicted molar refractivity (Wildman–Crippen MR) is 117 cm³/mol. The highest BCUT2D eigenvalue weighted by molar-refractivity contribution is 5.90. The molecular weight excluding hydrogens is 360 g/mol. The molecule has 2 amide bonds. The molecule has 2 aromatic heterocycles. The van der Waals surface area contributed by atoms with Crippen molar-refractivity contribution in [2.75, 3.05) is 5.32 Å². The van der Waals surface area contributed by atoms with Gasteiger partial charge in [0.05, 0.1) is 11.6 Å². The molecule has 0 aliphatic carbocycles. The first kappa shape index (κ1) is 18.6. The third kappa shape index (κ3) is 4.41. The van der Waals surface area contributed by atoms with E-state index in [1.807, 2.05) is 74.5 Å². The summed E-state index contributed by atoms with van der Waals surface area (Å²) in [6.07, 6.45) is 3.60. The van der Waals surface area contributed by atoms with E-state index in [4.69, 9.17) is 0 Å². The van der Waals surface area contributed by atoms with E-state index in [0.717, 1.165) is 39.0 Å². The van der Waals surface area contributed by atoms with Crippen LogP contribution in [-0.2, 0) is 0 Å². The highest BCUT2D eigenvalue weighted by Crippen LogP contribution is 2.22. The fourth-order valence-electron chi connectivity index (χ4n) is 3.24. The minimum absolute atomic E-state index is 0.161. The van der Waals surface area contributed by atoms with Gasteiger partial charge in [0.25, 0.3) is 0 Å². The van der Waals surface area contributed by atoms with Gasteiger partial charge in [-0.25, -0.2) is 4.79 Å². The van der Waals surface area contributed by atoms with Crippen LogP contribution >= 0.6 is 0 Å². The molecular formula is C24H22N4O. The van der Waals surface area contributed by atoms with Crippen molar-refractivity contribution in [3.05, 3.63) is 90.4 Å². The zero-order valence-corrected chi connectivity index (χ0v) is 16.4. The summed E-state index contributed by atoms with van der Waals surface area (Å²) in [4.78, 5) is 21.1. The van der Waals surface area contributed by atoms with Crippen molar-refractivity contribution in [2.45, 2.75) is 19.9 Å². The maximum atomic E-state index is 12.4. The average Bonchev–Trinajstić information content (AvgIpc) is 2.74. The van der Waals surface area contributed by atoms with Gasteiger partial charge < -0.3 is 10.6 Å². The largest absolute Gasteiger partial charge is 0.331 e. The Bertz CT molecular complexity index is 1150. The topological polar surface area (TPSA) is 66.9 Å². The first-order valence-electron chi connectivity index (χ1n) is 9.54. The molecule has 5 nitrogen and oxygen atoms in total. The van der Waals surface area contributed by atoms with Crippen molar-refractivity contribution < 1.29 is 4.79 Å². The molecule has 0 fully saturated rings. The van der Waals surface area contributed by atoms with Crippen LogP contribution in [0.4, 0.5) is 10.5 Å². The summed E-state index contributed by atoms with van der Waals surface area (Å²) in [6, 6.07) is 21.4. The quantitative estimate of drug-likeness (QED) is 0.490. The Morgan fingerprint density at radius 3 is 2.52 bits per heavy atom. The lowest BCUT2D eigenvalue weighted by Gasteiger charge is -2.15. The van der Waals surface area contributed by atoms with E-state index < -0.39 is 0 Å². The van der Waals surface area contributed by atoms with Crippen molar-refractivity contribution >= 4 is 22.6 Å². The van der Waals surface area contributed by atoms with E-state index >= 15 is 0 Å². The summed E-state index contributed by atoms with van der Waals surface area (Å²) < 4.78 is 0. The normalized spacial score (nSPS) is 11.8. The summed E-state index contributed by atoms with van der Waals surface area (Å²) in [5.74, 6) is 0. The lowest BCUT2D eigenvalue weighted by Crippen LogP contribution is -2.31. The van der Waals surface area contributed by atoms with E-state index in [0.29, 0.717) is 0 Å². The Labute approximate surface area is 169 Å². The smallest absolute Gasteiger partial charge is 0.319 e. The third-order valence-corrected chi connectivity index (χ3v) is 4.83. The number of nitrogens with zero attached hydrogens (tertiary/aromatic N) is 2. The molecule has 0 aliphatic heterocycles. The maximum absolute atomic E-state index is 12.4. The molecule has 1 atom stereocenters. The molecule has 0 aliphatic rings. The second kappa shape index (κ2) is 8.10. The molecule has 29 heavy (non-hydrogen) atoms. The molecule has 0 unspecified atom stereocenters. The van der Waals surface area contributed by atoms with Crippen LogP contribution in [0.5, 0.6) is 0 Å². The maximum Gasteiger partial charge on any atom is 0.319 e. The van der Waals surface area contributed by atoms with Gasteiger partial charge >= 0.3 is 6.03 Å². The highest BCUT2D eigenvalue weighted by atomic mass is 16.2. The molecule has 2 heterocycles. The summed E-state index contributed by atoms with van der Waals surface area (Å²) >= 11 is 0. The Hall–Kier alpha value is -3.73. The molecule has 5 heteroatoms. The third-order valence-electron chi connectivity index (χ3n) is 4.83. The second-order valence-corrected chi connectivity index (χ2v) is 7.04. The van der Waals surface area contributed by atoms with Crippen LogP contribution in [0.25, 0.3) is 22.0 Å². The Morgan fingerprint density at radius 2 is 1.72 bits per heavy atom. The van der Waals surface area contributed by atoms with Crippen molar-refractivity contribution in [3.63, 3.8) is 0 Å². The lowest BCUT2D eigenvalue weighted by atomic mass is 10.1. The number of para-hydroxylation sites is 1. The van der Waals surface area contributed by atoms with Gasteiger partial charge in [0.2, 0.25) is 0 Å². The number of aromatic nitrogens is 2. The fourth-order valence-corrected chi connectivity index (χ4v) is 3.24. The minimum atomic E-state index is -0.252. The van der Waals surface area contributed by atoms with Gasteiger partial charge in [0, 0.05) is 29.2 Å². The Balaban J connectivity index is 1.41. The van der Waals surface area contributed by atoms with Crippen molar-refractivity contribution in [3.8, 4) is 11.1 Å². The van der Waals surface area contributed by atoms with Gasteiger partial charge in [-0.15, -0.1) is 0 Å². The zero-order chi connectivity index (χ0) is 20.2. The average molecular weight is 382 g/mol. The molecule has 4 rings (SSSR count). The number of benzene rings is 2. The highest BCUT2D eigenvalue weighted by Gasteiger charge is 2.11. The van der Waals surface area contributed by atoms with Crippen LogP contribution in [0.1, 0.15) is 24.2 Å². The molecule has 0 bridgehead atoms. The van der Waals surface area contributed by atoms with E-state index in [1.165, 1.54) is 0 Å². The van der Waals surface area contributed by atoms with Gasteiger partial charge in [0.1, 0.15) is 0 Å². The van der Waals surface area contributed by atoms with Crippen molar-refractivity contribution in [1.82, 2.24) is 15.3 Å². The number of rotatable bonds is 4. The second-order valence-electron chi connectivity index (χ2n) is 7.04. The fraction of sp³-hybridized carbons (Fsp3) is 0.125. The van der Waals surface area contributed by atoms with E-state index in [-0.39, 0.29) is 12.1 Å². The number of urea groups is 1. The van der Waals surface area contributed by atoms with Crippen LogP contribution in [0.15, 0.2) is 79.1 Å². The summed E-state index contributed by atoms with van der Waals surface area (Å²) in [5, 5.41) is 6.91. The SMILES string of the molecule is Cc1cc(-c2ccc(NC(=O)N[C@H](C)c3cnc4ccccc4c3)cc2)ccn1. The summed E-state index contributed by atoms with van der Waals surface area (Å²) in [7, 11) is 0. The van der Waals surface area contributed by atoms with Crippen LogP contribution in [-0.4, -0.2) is 16.0 Å². The van der Waals surface area contributed by atoms with Gasteiger partial charge in [-0.2, -0.15) is 0 Å². The number of carbonyl (C=O) groups excluding carboxylic acids is 1. The summed E-state index contributed by atoms with van der Waals surface area (Å²) in [5.41, 5.74) is 5.80. The molecule has 4 aromatic rings. The molecule has 2 aromatic carbocycles. The number of anilines is 1. The number of fused-ring (bicyclic) bond motifs is 1. The summed E-state index contributed by atoms with van der Waals surface area (Å²) in [6.45, 7) is 3.91. The van der Waals surface area contributed by atoms with Crippen LogP contribution in [0.3, 0.4) is 0 Å². The van der Waals surface area contributed by atoms with Crippen LogP contribution in [0.2, 0.25) is 0 Å². The first-order chi connectivity index (χ1) is 14.1. The van der Waals surface area contributed by atoms with E-state index in [1.54, 1.807) is 12.4 Å².